The molecule has 192 valence electrons. The molecule has 0 fully saturated rings. The molecule has 1 N–H and O–H groups in total. The number of nitrogens with zero attached hydrogens (tertiary/aromatic N) is 2. The maximum Gasteiger partial charge on any atom is 0.269 e. The Hall–Kier alpha value is -2.95. The first-order valence-corrected chi connectivity index (χ1v) is 12.9. The van der Waals surface area contributed by atoms with Crippen molar-refractivity contribution in [1.82, 2.24) is 4.31 Å². The molecule has 0 aliphatic heterocycles. The van der Waals surface area contributed by atoms with Crippen molar-refractivity contribution in [2.45, 2.75) is 62.6 Å². The van der Waals surface area contributed by atoms with E-state index in [4.69, 9.17) is 9.47 Å². The number of rotatable bonds is 15. The van der Waals surface area contributed by atoms with Crippen LogP contribution in [0.15, 0.2) is 60.0 Å². The van der Waals surface area contributed by atoms with Crippen molar-refractivity contribution in [2.75, 3.05) is 14.2 Å². The van der Waals surface area contributed by atoms with Gasteiger partial charge < -0.3 is 14.6 Å². The molecule has 0 unspecified atom stereocenters. The third-order valence-corrected chi connectivity index (χ3v) is 7.65. The zero-order chi connectivity index (χ0) is 26.0. The van der Waals surface area contributed by atoms with Crippen LogP contribution in [-0.2, 0) is 16.6 Å². The molecule has 2 atom stereocenters. The zero-order valence-corrected chi connectivity index (χ0v) is 21.2. The van der Waals surface area contributed by atoms with Crippen molar-refractivity contribution in [3.05, 3.63) is 70.8 Å². The van der Waals surface area contributed by atoms with E-state index in [-0.39, 0.29) is 17.1 Å². The van der Waals surface area contributed by atoms with Crippen LogP contribution in [0, 0.1) is 10.1 Å². The molecule has 2 aromatic carbocycles. The lowest BCUT2D eigenvalue weighted by Crippen LogP contribution is -2.45. The van der Waals surface area contributed by atoms with E-state index in [0.717, 1.165) is 42.1 Å². The van der Waals surface area contributed by atoms with E-state index in [1.165, 1.54) is 32.4 Å². The first kappa shape index (κ1) is 28.3. The molecular weight excluding hydrogens is 472 g/mol. The zero-order valence-electron chi connectivity index (χ0n) is 20.4. The number of unbranched alkanes of at least 4 members (excludes halogenated alkanes) is 3. The fraction of sp³-hybridized carbons (Fsp3) is 0.440. The van der Waals surface area contributed by atoms with Crippen LogP contribution in [-0.4, -0.2) is 49.1 Å². The summed E-state index contributed by atoms with van der Waals surface area (Å²) in [6, 6.07) is 8.78. The summed E-state index contributed by atoms with van der Waals surface area (Å²) in [6.45, 7) is 5.77. The van der Waals surface area contributed by atoms with E-state index in [0.29, 0.717) is 23.5 Å². The second kappa shape index (κ2) is 13.2. The Labute approximate surface area is 207 Å². The van der Waals surface area contributed by atoms with Gasteiger partial charge in [-0.1, -0.05) is 44.7 Å². The maximum absolute atomic E-state index is 13.8. The number of methoxy groups -OCH3 is 2. The van der Waals surface area contributed by atoms with Gasteiger partial charge in [-0.05, 0) is 24.6 Å². The number of hydrogen-bond donors (Lipinski definition) is 1. The second-order valence-electron chi connectivity index (χ2n) is 8.12. The normalized spacial score (nSPS) is 13.3. The summed E-state index contributed by atoms with van der Waals surface area (Å²) >= 11 is 0. The van der Waals surface area contributed by atoms with Crippen molar-refractivity contribution in [3.63, 3.8) is 0 Å². The molecule has 0 aliphatic rings. The summed E-state index contributed by atoms with van der Waals surface area (Å²) in [4.78, 5) is 10.3. The monoisotopic (exact) mass is 506 g/mol. The average Bonchev–Trinajstić information content (AvgIpc) is 2.86. The van der Waals surface area contributed by atoms with Crippen LogP contribution in [0.2, 0.25) is 0 Å². The summed E-state index contributed by atoms with van der Waals surface area (Å²) in [5.74, 6) is 0.972. The van der Waals surface area contributed by atoms with Crippen LogP contribution in [0.3, 0.4) is 0 Å². The van der Waals surface area contributed by atoms with Crippen molar-refractivity contribution in [3.8, 4) is 11.5 Å². The van der Waals surface area contributed by atoms with Crippen molar-refractivity contribution in [2.24, 2.45) is 0 Å². The van der Waals surface area contributed by atoms with Gasteiger partial charge in [0.2, 0.25) is 10.0 Å². The van der Waals surface area contributed by atoms with E-state index >= 15 is 0 Å². The Morgan fingerprint density at radius 3 is 2.34 bits per heavy atom. The van der Waals surface area contributed by atoms with Gasteiger partial charge in [-0.25, -0.2) is 8.42 Å². The van der Waals surface area contributed by atoms with Crippen LogP contribution in [0.4, 0.5) is 5.69 Å². The molecule has 0 saturated carbocycles. The highest BCUT2D eigenvalue weighted by Crippen LogP contribution is 2.31. The molecule has 35 heavy (non-hydrogen) atoms. The molecule has 2 rings (SSSR count). The van der Waals surface area contributed by atoms with E-state index in [1.807, 2.05) is 0 Å². The average molecular weight is 507 g/mol. The number of ether oxygens (including phenoxy) is 2. The second-order valence-corrected chi connectivity index (χ2v) is 10.0. The van der Waals surface area contributed by atoms with Gasteiger partial charge >= 0.3 is 0 Å². The smallest absolute Gasteiger partial charge is 0.269 e. The molecule has 0 aromatic heterocycles. The minimum atomic E-state index is -4.18. The van der Waals surface area contributed by atoms with E-state index in [9.17, 15) is 23.6 Å². The number of benzene rings is 2. The fourth-order valence-electron chi connectivity index (χ4n) is 3.79. The number of sulfonamides is 1. The molecule has 9 nitrogen and oxygen atoms in total. The number of hydrogen-bond acceptors (Lipinski definition) is 7. The highest BCUT2D eigenvalue weighted by Gasteiger charge is 2.35. The summed E-state index contributed by atoms with van der Waals surface area (Å²) in [6.07, 6.45) is 4.58. The number of aliphatic hydroxyl groups is 1. The molecule has 0 spiro atoms. The van der Waals surface area contributed by atoms with Crippen molar-refractivity contribution < 1.29 is 27.9 Å². The number of non-ortho nitro benzene ring substituents is 1. The quantitative estimate of drug-likeness (QED) is 0.161. The van der Waals surface area contributed by atoms with Gasteiger partial charge in [0.05, 0.1) is 36.2 Å². The van der Waals surface area contributed by atoms with E-state index in [2.05, 4.69) is 13.5 Å². The van der Waals surface area contributed by atoms with Crippen molar-refractivity contribution >= 4 is 15.7 Å². The van der Waals surface area contributed by atoms with Gasteiger partial charge in [-0.3, -0.25) is 10.1 Å². The molecule has 0 radical (unpaired) electrons. The van der Waals surface area contributed by atoms with Crippen LogP contribution in [0.25, 0.3) is 0 Å². The summed E-state index contributed by atoms with van der Waals surface area (Å²) < 4.78 is 39.4. The number of nitro groups is 1. The fourth-order valence-corrected chi connectivity index (χ4v) is 5.40. The largest absolute Gasteiger partial charge is 0.497 e. The number of nitro benzene ring substituents is 1. The summed E-state index contributed by atoms with van der Waals surface area (Å²) in [5.41, 5.74) is 0.340. The van der Waals surface area contributed by atoms with Crippen LogP contribution >= 0.6 is 0 Å². The Morgan fingerprint density at radius 1 is 1.11 bits per heavy atom. The predicted octanol–water partition coefficient (Wildman–Crippen LogP) is 4.69. The van der Waals surface area contributed by atoms with Gasteiger partial charge in [0, 0.05) is 30.3 Å². The number of aliphatic hydroxyl groups excluding tert-OH is 1. The first-order chi connectivity index (χ1) is 16.7. The predicted molar refractivity (Wildman–Crippen MR) is 134 cm³/mol. The Kier molecular flexibility index (Phi) is 10.7. The Morgan fingerprint density at radius 2 is 1.80 bits per heavy atom. The molecular formula is C25H34N2O7S. The minimum absolute atomic E-state index is 0.116. The Balaban J connectivity index is 2.50. The lowest BCUT2D eigenvalue weighted by molar-refractivity contribution is -0.384. The molecule has 0 heterocycles. The summed E-state index contributed by atoms with van der Waals surface area (Å²) in [7, 11) is -1.19. The van der Waals surface area contributed by atoms with E-state index in [1.54, 1.807) is 18.2 Å². The third kappa shape index (κ3) is 7.27. The van der Waals surface area contributed by atoms with Crippen LogP contribution in [0.1, 0.15) is 44.6 Å². The molecule has 10 heteroatoms. The highest BCUT2D eigenvalue weighted by atomic mass is 32.2. The Bertz CT molecular complexity index is 1090. The van der Waals surface area contributed by atoms with Gasteiger partial charge in [0.25, 0.3) is 5.69 Å². The van der Waals surface area contributed by atoms with Crippen molar-refractivity contribution in [1.29, 1.82) is 0 Å². The van der Waals surface area contributed by atoms with Gasteiger partial charge in [0.1, 0.15) is 11.5 Å². The van der Waals surface area contributed by atoms with Crippen LogP contribution in [0.5, 0.6) is 11.5 Å². The summed E-state index contributed by atoms with van der Waals surface area (Å²) in [5, 5.41) is 22.0. The molecule has 2 aromatic rings. The molecule has 0 saturated heterocycles. The lowest BCUT2D eigenvalue weighted by atomic mass is 10.0. The van der Waals surface area contributed by atoms with Gasteiger partial charge in [-0.15, -0.1) is 6.58 Å². The van der Waals surface area contributed by atoms with Gasteiger partial charge in [0.15, 0.2) is 0 Å². The third-order valence-electron chi connectivity index (χ3n) is 5.80. The standard InChI is InChI=1S/C25H34N2O7S/c1-5-7-8-9-10-24(28)23(6-2)26(18-19-11-14-21(33-3)17-25(19)34-4)35(31,32)22-15-12-20(13-16-22)27(29)30/h6,11-17,23-24,28H,2,5,7-10,18H2,1,3-4H3/t23-,24+/m1/s1. The molecule has 0 bridgehead atoms. The van der Waals surface area contributed by atoms with E-state index < -0.39 is 27.1 Å². The molecule has 0 aliphatic carbocycles. The highest BCUT2D eigenvalue weighted by molar-refractivity contribution is 7.89. The molecule has 0 amide bonds. The minimum Gasteiger partial charge on any atom is -0.497 e. The SMILES string of the molecule is C=C[C@H]([C@@H](O)CCCCCC)N(Cc1ccc(OC)cc1OC)S(=O)(=O)c1ccc([N+](=O)[O-])cc1. The topological polar surface area (TPSA) is 119 Å². The first-order valence-electron chi connectivity index (χ1n) is 11.5. The van der Waals surface area contributed by atoms with Crippen LogP contribution < -0.4 is 9.47 Å². The maximum atomic E-state index is 13.8. The van der Waals surface area contributed by atoms with Gasteiger partial charge in [-0.2, -0.15) is 4.31 Å². The lowest BCUT2D eigenvalue weighted by Gasteiger charge is -2.32.